The highest BCUT2D eigenvalue weighted by Gasteiger charge is 2.39. The van der Waals surface area contributed by atoms with Crippen molar-refractivity contribution in [1.82, 2.24) is 14.7 Å². The number of rotatable bonds is 4. The summed E-state index contributed by atoms with van der Waals surface area (Å²) in [7, 11) is 2.92. The van der Waals surface area contributed by atoms with Crippen LogP contribution in [0.15, 0.2) is 6.20 Å². The first-order valence-corrected chi connectivity index (χ1v) is 5.68. The van der Waals surface area contributed by atoms with Crippen LogP contribution in [0.3, 0.4) is 0 Å². The van der Waals surface area contributed by atoms with E-state index in [2.05, 4.69) is 9.84 Å². The van der Waals surface area contributed by atoms with Gasteiger partial charge in [0.15, 0.2) is 5.69 Å². The van der Waals surface area contributed by atoms with Crippen molar-refractivity contribution < 1.29 is 27.5 Å². The third kappa shape index (κ3) is 3.72. The number of hydrogen-bond acceptors (Lipinski definition) is 4. The van der Waals surface area contributed by atoms with Crippen LogP contribution in [0.1, 0.15) is 23.0 Å². The number of halogens is 3. The topological polar surface area (TPSA) is 64.4 Å². The van der Waals surface area contributed by atoms with Crippen LogP contribution < -0.4 is 0 Å². The third-order valence-corrected chi connectivity index (χ3v) is 2.32. The van der Waals surface area contributed by atoms with Crippen molar-refractivity contribution in [3.8, 4) is 0 Å². The van der Waals surface area contributed by atoms with Crippen LogP contribution in [-0.4, -0.2) is 47.3 Å². The van der Waals surface area contributed by atoms with Gasteiger partial charge in [-0.2, -0.15) is 18.3 Å². The number of alkyl halides is 3. The van der Waals surface area contributed by atoms with E-state index in [1.807, 2.05) is 0 Å². The molecule has 1 aromatic rings. The molecule has 0 spiro atoms. The van der Waals surface area contributed by atoms with E-state index in [1.165, 1.54) is 25.9 Å². The third-order valence-electron chi connectivity index (χ3n) is 2.32. The van der Waals surface area contributed by atoms with E-state index in [1.54, 1.807) is 0 Å². The van der Waals surface area contributed by atoms with E-state index in [0.717, 1.165) is 10.9 Å². The predicted molar refractivity (Wildman–Crippen MR) is 61.9 cm³/mol. The summed E-state index contributed by atoms with van der Waals surface area (Å²) in [6.07, 6.45) is -3.93. The number of likely N-dealkylation sites (N-methyl/N-ethyl adjacent to an activating group) is 1. The Bertz CT molecular complexity index is 509. The molecule has 1 heterocycles. The first-order chi connectivity index (χ1) is 9.16. The zero-order valence-corrected chi connectivity index (χ0v) is 11.2. The second-order valence-corrected chi connectivity index (χ2v) is 4.10. The van der Waals surface area contributed by atoms with Crippen LogP contribution in [0.4, 0.5) is 13.2 Å². The fraction of sp³-hybridized carbons (Fsp3) is 0.545. The summed E-state index contributed by atoms with van der Waals surface area (Å²) in [6, 6.07) is 0. The van der Waals surface area contributed by atoms with Crippen molar-refractivity contribution in [2.24, 2.45) is 0 Å². The molecule has 0 N–H and O–H groups in total. The van der Waals surface area contributed by atoms with Crippen LogP contribution >= 0.6 is 0 Å². The molecule has 9 heteroatoms. The van der Waals surface area contributed by atoms with Gasteiger partial charge in [0.25, 0.3) is 0 Å². The Labute approximate surface area is 113 Å². The van der Waals surface area contributed by atoms with E-state index in [9.17, 15) is 22.8 Å². The maximum atomic E-state index is 12.8. The fourth-order valence-corrected chi connectivity index (χ4v) is 1.35. The Balaban J connectivity index is 3.12. The smallest absolute Gasteiger partial charge is 0.436 e. The molecule has 0 bridgehead atoms. The van der Waals surface area contributed by atoms with Crippen LogP contribution in [0.5, 0.6) is 0 Å². The summed E-state index contributed by atoms with van der Waals surface area (Å²) < 4.78 is 43.7. The fourth-order valence-electron chi connectivity index (χ4n) is 1.35. The molecule has 0 unspecified atom stereocenters. The Hall–Kier alpha value is -2.06. The molecule has 112 valence electrons. The van der Waals surface area contributed by atoms with E-state index in [-0.39, 0.29) is 6.61 Å². The highest BCUT2D eigenvalue weighted by Crippen LogP contribution is 2.31. The number of amides is 1. The summed E-state index contributed by atoms with van der Waals surface area (Å²) in [6.45, 7) is 1.03. The summed E-state index contributed by atoms with van der Waals surface area (Å²) in [4.78, 5) is 24.1. The summed E-state index contributed by atoms with van der Waals surface area (Å²) in [5.41, 5.74) is -2.06. The monoisotopic (exact) mass is 293 g/mol. The van der Waals surface area contributed by atoms with Gasteiger partial charge in [0.2, 0.25) is 5.91 Å². The van der Waals surface area contributed by atoms with Crippen molar-refractivity contribution >= 4 is 11.9 Å². The number of hydrogen-bond donors (Lipinski definition) is 0. The van der Waals surface area contributed by atoms with Crippen molar-refractivity contribution in [3.05, 3.63) is 17.5 Å². The van der Waals surface area contributed by atoms with Gasteiger partial charge in [-0.05, 0) is 6.92 Å². The Morgan fingerprint density at radius 1 is 1.40 bits per heavy atom. The lowest BCUT2D eigenvalue weighted by Crippen LogP contribution is -2.26. The van der Waals surface area contributed by atoms with Crippen molar-refractivity contribution in [2.45, 2.75) is 19.6 Å². The van der Waals surface area contributed by atoms with Crippen LogP contribution in [0, 0.1) is 0 Å². The minimum atomic E-state index is -4.80. The zero-order chi connectivity index (χ0) is 15.5. The van der Waals surface area contributed by atoms with Gasteiger partial charge < -0.3 is 9.64 Å². The molecule has 1 rings (SSSR count). The van der Waals surface area contributed by atoms with Crippen LogP contribution in [0.25, 0.3) is 0 Å². The number of carbonyl (C=O) groups excluding carboxylic acids is 2. The standard InChI is InChI=1S/C11H14F3N3O3/c1-4-20-10(19)7-5-17(6-8(18)16(2)3)15-9(7)11(12,13)14/h5H,4,6H2,1-3H3. The highest BCUT2D eigenvalue weighted by atomic mass is 19.4. The lowest BCUT2D eigenvalue weighted by Gasteiger charge is -2.09. The molecule has 0 saturated heterocycles. The molecular formula is C11H14F3N3O3. The molecule has 20 heavy (non-hydrogen) atoms. The largest absolute Gasteiger partial charge is 0.462 e. The molecule has 0 fully saturated rings. The van der Waals surface area contributed by atoms with Gasteiger partial charge in [-0.15, -0.1) is 0 Å². The molecule has 0 aromatic carbocycles. The van der Waals surface area contributed by atoms with E-state index >= 15 is 0 Å². The highest BCUT2D eigenvalue weighted by molar-refractivity contribution is 5.90. The summed E-state index contributed by atoms with van der Waals surface area (Å²) >= 11 is 0. The number of esters is 1. The molecular weight excluding hydrogens is 279 g/mol. The molecule has 1 amide bonds. The molecule has 0 radical (unpaired) electrons. The molecule has 6 nitrogen and oxygen atoms in total. The van der Waals surface area contributed by atoms with Gasteiger partial charge in [-0.3, -0.25) is 9.48 Å². The van der Waals surface area contributed by atoms with Crippen LogP contribution in [0.2, 0.25) is 0 Å². The zero-order valence-electron chi connectivity index (χ0n) is 11.2. The average Bonchev–Trinajstić information content (AvgIpc) is 2.73. The molecule has 0 atom stereocenters. The first-order valence-electron chi connectivity index (χ1n) is 5.68. The number of ether oxygens (including phenoxy) is 1. The summed E-state index contributed by atoms with van der Waals surface area (Å²) in [5.74, 6) is -1.57. The number of carbonyl (C=O) groups is 2. The lowest BCUT2D eigenvalue weighted by molar-refractivity contribution is -0.142. The van der Waals surface area contributed by atoms with Gasteiger partial charge in [0, 0.05) is 20.3 Å². The average molecular weight is 293 g/mol. The number of aromatic nitrogens is 2. The van der Waals surface area contributed by atoms with Gasteiger partial charge in [-0.1, -0.05) is 0 Å². The Morgan fingerprint density at radius 3 is 2.45 bits per heavy atom. The van der Waals surface area contributed by atoms with E-state index in [4.69, 9.17) is 0 Å². The Kier molecular flexibility index (Phi) is 4.74. The van der Waals surface area contributed by atoms with Gasteiger partial charge in [0.1, 0.15) is 12.1 Å². The molecule has 0 aliphatic rings. The molecule has 0 aliphatic heterocycles. The van der Waals surface area contributed by atoms with Gasteiger partial charge in [0.05, 0.1) is 6.61 Å². The Morgan fingerprint density at radius 2 is 2.00 bits per heavy atom. The normalized spacial score (nSPS) is 11.3. The van der Waals surface area contributed by atoms with E-state index in [0.29, 0.717) is 0 Å². The van der Waals surface area contributed by atoms with Crippen LogP contribution in [-0.2, 0) is 22.3 Å². The van der Waals surface area contributed by atoms with Crippen molar-refractivity contribution in [1.29, 1.82) is 0 Å². The summed E-state index contributed by atoms with van der Waals surface area (Å²) in [5, 5.41) is 3.25. The molecule has 0 saturated carbocycles. The maximum absolute atomic E-state index is 12.8. The van der Waals surface area contributed by atoms with E-state index < -0.39 is 35.9 Å². The quantitative estimate of drug-likeness (QED) is 0.782. The molecule has 1 aromatic heterocycles. The predicted octanol–water partition coefficient (Wildman–Crippen LogP) is 1.17. The second kappa shape index (κ2) is 5.93. The minimum absolute atomic E-state index is 0.0576. The van der Waals surface area contributed by atoms with Crippen molar-refractivity contribution in [3.63, 3.8) is 0 Å². The SMILES string of the molecule is CCOC(=O)c1cn(CC(=O)N(C)C)nc1C(F)(F)F. The number of nitrogens with zero attached hydrogens (tertiary/aromatic N) is 3. The minimum Gasteiger partial charge on any atom is -0.462 e. The van der Waals surface area contributed by atoms with Gasteiger partial charge >= 0.3 is 12.1 Å². The van der Waals surface area contributed by atoms with Crippen molar-refractivity contribution in [2.75, 3.05) is 20.7 Å². The maximum Gasteiger partial charge on any atom is 0.436 e. The molecule has 0 aliphatic carbocycles. The van der Waals surface area contributed by atoms with Gasteiger partial charge in [-0.25, -0.2) is 4.79 Å². The lowest BCUT2D eigenvalue weighted by atomic mass is 10.2. The second-order valence-electron chi connectivity index (χ2n) is 4.10. The first kappa shape index (κ1) is 16.0.